The summed E-state index contributed by atoms with van der Waals surface area (Å²) in [6.07, 6.45) is 0.644. The fourth-order valence-corrected chi connectivity index (χ4v) is 2.07. The topological polar surface area (TPSA) is 71.3 Å². The lowest BCUT2D eigenvalue weighted by molar-refractivity contribution is 0.0908. The molecule has 5 nitrogen and oxygen atoms in total. The normalized spacial score (nSPS) is 12.0. The number of rotatable bonds is 5. The van der Waals surface area contributed by atoms with Crippen LogP contribution in [0.5, 0.6) is 0 Å². The minimum Gasteiger partial charge on any atom is -0.387 e. The van der Waals surface area contributed by atoms with Crippen molar-refractivity contribution < 1.29 is 19.1 Å². The molecule has 2 aromatic rings. The van der Waals surface area contributed by atoms with E-state index in [1.54, 1.807) is 17.8 Å². The summed E-state index contributed by atoms with van der Waals surface area (Å²) < 4.78 is 14.4. The molecule has 0 saturated heterocycles. The summed E-state index contributed by atoms with van der Waals surface area (Å²) >= 11 is 0. The Balaban J connectivity index is 2.00. The molecule has 0 aliphatic rings. The molecule has 6 heteroatoms. The van der Waals surface area contributed by atoms with E-state index in [4.69, 9.17) is 0 Å². The number of benzene rings is 1. The number of aryl methyl sites for hydroxylation is 1. The van der Waals surface area contributed by atoms with Crippen LogP contribution in [0.25, 0.3) is 0 Å². The van der Waals surface area contributed by atoms with Gasteiger partial charge in [0, 0.05) is 25.4 Å². The van der Waals surface area contributed by atoms with Crippen molar-refractivity contribution in [1.82, 2.24) is 9.88 Å². The molecule has 1 unspecified atom stereocenters. The molecule has 1 aromatic heterocycles. The first-order valence-electron chi connectivity index (χ1n) is 6.77. The van der Waals surface area contributed by atoms with E-state index in [2.05, 4.69) is 5.32 Å². The Hall–Kier alpha value is -2.47. The summed E-state index contributed by atoms with van der Waals surface area (Å²) in [4.78, 5) is 23.4. The Bertz CT molecular complexity index is 692. The summed E-state index contributed by atoms with van der Waals surface area (Å²) in [5, 5.41) is 12.6. The third-order valence-corrected chi connectivity index (χ3v) is 3.35. The summed E-state index contributed by atoms with van der Waals surface area (Å²) in [7, 11) is 1.66. The van der Waals surface area contributed by atoms with Crippen LogP contribution < -0.4 is 5.32 Å². The van der Waals surface area contributed by atoms with Crippen LogP contribution in [0.4, 0.5) is 4.39 Å². The van der Waals surface area contributed by atoms with Crippen LogP contribution in [0.1, 0.15) is 39.4 Å². The molecule has 0 spiro atoms. The third-order valence-electron chi connectivity index (χ3n) is 3.35. The number of carbonyl (C=O) groups excluding carboxylic acids is 2. The molecule has 1 aromatic carbocycles. The van der Waals surface area contributed by atoms with Gasteiger partial charge in [-0.3, -0.25) is 9.59 Å². The maximum Gasteiger partial charge on any atom is 0.268 e. The molecule has 0 bridgehead atoms. The number of hydrogen-bond acceptors (Lipinski definition) is 3. The minimum atomic E-state index is -0.933. The Morgan fingerprint density at radius 3 is 2.50 bits per heavy atom. The molecule has 2 rings (SSSR count). The predicted octanol–water partition coefficient (Wildman–Crippen LogP) is 1.83. The van der Waals surface area contributed by atoms with Gasteiger partial charge in [0.25, 0.3) is 5.91 Å². The van der Waals surface area contributed by atoms with Crippen molar-refractivity contribution in [1.29, 1.82) is 0 Å². The van der Waals surface area contributed by atoms with Gasteiger partial charge < -0.3 is 15.0 Å². The average molecular weight is 304 g/mol. The van der Waals surface area contributed by atoms with E-state index in [1.807, 2.05) is 0 Å². The lowest BCUT2D eigenvalue weighted by atomic mass is 10.1. The van der Waals surface area contributed by atoms with Gasteiger partial charge in [-0.05, 0) is 30.7 Å². The number of amides is 1. The summed E-state index contributed by atoms with van der Waals surface area (Å²) in [5.74, 6) is -0.905. The smallest absolute Gasteiger partial charge is 0.268 e. The maximum absolute atomic E-state index is 12.8. The number of aromatic nitrogens is 1. The van der Waals surface area contributed by atoms with Crippen molar-refractivity contribution in [2.45, 2.75) is 13.0 Å². The van der Waals surface area contributed by atoms with Gasteiger partial charge in [0.2, 0.25) is 0 Å². The number of nitrogens with zero attached hydrogens (tertiary/aromatic N) is 1. The fourth-order valence-electron chi connectivity index (χ4n) is 2.07. The molecule has 0 aliphatic heterocycles. The molecule has 0 fully saturated rings. The highest BCUT2D eigenvalue weighted by atomic mass is 19.1. The first kappa shape index (κ1) is 15.9. The van der Waals surface area contributed by atoms with E-state index in [0.29, 0.717) is 16.8 Å². The number of ketones is 1. The zero-order valence-electron chi connectivity index (χ0n) is 12.3. The lowest BCUT2D eigenvalue weighted by Gasteiger charge is -2.12. The van der Waals surface area contributed by atoms with Crippen molar-refractivity contribution in [2.24, 2.45) is 7.05 Å². The Morgan fingerprint density at radius 2 is 1.95 bits per heavy atom. The zero-order valence-corrected chi connectivity index (χ0v) is 12.3. The van der Waals surface area contributed by atoms with Gasteiger partial charge in [0.15, 0.2) is 5.78 Å². The third kappa shape index (κ3) is 3.59. The molecule has 1 heterocycles. The Labute approximate surface area is 127 Å². The maximum atomic E-state index is 12.8. The molecule has 116 valence electrons. The molecule has 1 amide bonds. The van der Waals surface area contributed by atoms with E-state index in [1.165, 1.54) is 37.3 Å². The molecule has 0 aliphatic carbocycles. The van der Waals surface area contributed by atoms with E-state index < -0.39 is 12.0 Å². The first-order chi connectivity index (χ1) is 10.4. The standard InChI is InChI=1S/C16H17FN2O3/c1-10(20)12-7-14(19(2)9-12)16(22)18-8-15(21)11-3-5-13(17)6-4-11/h3-7,9,15,21H,8H2,1-2H3,(H,18,22). The molecule has 22 heavy (non-hydrogen) atoms. The van der Waals surface area contributed by atoms with Crippen LogP contribution in [0.15, 0.2) is 36.5 Å². The van der Waals surface area contributed by atoms with Crippen molar-refractivity contribution in [3.63, 3.8) is 0 Å². The average Bonchev–Trinajstić information content (AvgIpc) is 2.87. The largest absolute Gasteiger partial charge is 0.387 e. The van der Waals surface area contributed by atoms with E-state index in [-0.39, 0.29) is 18.1 Å². The number of nitrogens with one attached hydrogen (secondary N) is 1. The van der Waals surface area contributed by atoms with Crippen LogP contribution in [0.2, 0.25) is 0 Å². The summed E-state index contributed by atoms with van der Waals surface area (Å²) in [5.41, 5.74) is 1.29. The number of aliphatic hydroxyl groups excluding tert-OH is 1. The minimum absolute atomic E-state index is 0.00888. The summed E-state index contributed by atoms with van der Waals surface area (Å²) in [6, 6.07) is 6.92. The Kier molecular flexibility index (Phi) is 4.72. The molecule has 1 atom stereocenters. The van der Waals surface area contributed by atoms with Gasteiger partial charge in [-0.25, -0.2) is 4.39 Å². The lowest BCUT2D eigenvalue weighted by Crippen LogP contribution is -2.29. The zero-order chi connectivity index (χ0) is 16.3. The van der Waals surface area contributed by atoms with Crippen molar-refractivity contribution >= 4 is 11.7 Å². The highest BCUT2D eigenvalue weighted by molar-refractivity contribution is 5.99. The van der Waals surface area contributed by atoms with E-state index in [9.17, 15) is 19.1 Å². The van der Waals surface area contributed by atoms with E-state index in [0.717, 1.165) is 0 Å². The van der Waals surface area contributed by atoms with Crippen molar-refractivity contribution in [2.75, 3.05) is 6.54 Å². The molecule has 0 radical (unpaired) electrons. The van der Waals surface area contributed by atoms with Crippen LogP contribution in [0, 0.1) is 5.82 Å². The highest BCUT2D eigenvalue weighted by Gasteiger charge is 2.15. The number of halogens is 1. The van der Waals surface area contributed by atoms with Gasteiger partial charge in [0.05, 0.1) is 6.10 Å². The fraction of sp³-hybridized carbons (Fsp3) is 0.250. The van der Waals surface area contributed by atoms with Crippen LogP contribution in [-0.2, 0) is 7.05 Å². The van der Waals surface area contributed by atoms with Crippen LogP contribution in [0.3, 0.4) is 0 Å². The SMILES string of the molecule is CC(=O)c1cc(C(=O)NCC(O)c2ccc(F)cc2)n(C)c1. The second kappa shape index (κ2) is 6.53. The van der Waals surface area contributed by atoms with Crippen LogP contribution in [-0.4, -0.2) is 27.9 Å². The van der Waals surface area contributed by atoms with Crippen molar-refractivity contribution in [3.8, 4) is 0 Å². The second-order valence-electron chi connectivity index (χ2n) is 5.06. The number of hydrogen-bond donors (Lipinski definition) is 2. The number of aliphatic hydroxyl groups is 1. The number of carbonyl (C=O) groups is 2. The number of Topliss-reactive ketones (excluding diaryl/α,β-unsaturated/α-hetero) is 1. The van der Waals surface area contributed by atoms with Gasteiger partial charge in [-0.2, -0.15) is 0 Å². The predicted molar refractivity (Wildman–Crippen MR) is 79.1 cm³/mol. The van der Waals surface area contributed by atoms with Gasteiger partial charge in [-0.1, -0.05) is 12.1 Å². The monoisotopic (exact) mass is 304 g/mol. The van der Waals surface area contributed by atoms with E-state index >= 15 is 0 Å². The van der Waals surface area contributed by atoms with Gasteiger partial charge in [0.1, 0.15) is 11.5 Å². The second-order valence-corrected chi connectivity index (χ2v) is 5.06. The quantitative estimate of drug-likeness (QED) is 0.828. The molecule has 2 N–H and O–H groups in total. The van der Waals surface area contributed by atoms with Crippen molar-refractivity contribution in [3.05, 3.63) is 59.2 Å². The highest BCUT2D eigenvalue weighted by Crippen LogP contribution is 2.13. The van der Waals surface area contributed by atoms with Gasteiger partial charge >= 0.3 is 0 Å². The molecular formula is C16H17FN2O3. The Morgan fingerprint density at radius 1 is 1.32 bits per heavy atom. The summed E-state index contributed by atoms with van der Waals surface area (Å²) in [6.45, 7) is 1.42. The molecule has 0 saturated carbocycles. The first-order valence-corrected chi connectivity index (χ1v) is 6.77. The molecular weight excluding hydrogens is 287 g/mol. The van der Waals surface area contributed by atoms with Crippen LogP contribution >= 0.6 is 0 Å². The van der Waals surface area contributed by atoms with Gasteiger partial charge in [-0.15, -0.1) is 0 Å².